The SMILES string of the molecule is COc1cc2c(Oc3ccc(N[N+](=O)[C@H]4[C@@H](C(=O)Nc5ccc(F)cc5)C4(C)C)cc3F)ccnc2cc1OCCN1CCN(C(=O)OC(C)(C)C)CC1. The number of anilines is 2. The number of carbonyl (C=O) groups is 2. The minimum absolute atomic E-state index is 0.0835. The standard InChI is InChI=1S/C39H44F2N6O7/c1-38(2,3)54-37(49)46-17-15-45(16-18-46)19-20-52-33-23-29-27(22-32(33)51-6)30(13-14-42-29)53-31-12-11-26(21-28(31)41)44-47(50)35-34(39(35,4)5)36(48)43-25-9-7-24(40)8-10-25/h7-14,21-23,34-35H,15-20H2,1-6H3,(H-,43,44,48,50)/p+1/t34-,35-/m0/s1. The van der Waals surface area contributed by atoms with E-state index in [0.717, 1.165) is 6.07 Å². The average Bonchev–Trinajstić information content (AvgIpc) is 3.71. The van der Waals surface area contributed by atoms with E-state index in [2.05, 4.69) is 20.6 Å². The monoisotopic (exact) mass is 747 g/mol. The van der Waals surface area contributed by atoms with Crippen LogP contribution in [0.3, 0.4) is 0 Å². The highest BCUT2D eigenvalue weighted by Crippen LogP contribution is 2.54. The Morgan fingerprint density at radius 3 is 2.30 bits per heavy atom. The van der Waals surface area contributed by atoms with Crippen LogP contribution in [-0.4, -0.2) is 89.7 Å². The number of rotatable bonds is 12. The van der Waals surface area contributed by atoms with Gasteiger partial charge in [0, 0.05) is 62.1 Å². The van der Waals surface area contributed by atoms with E-state index in [1.807, 2.05) is 20.8 Å². The summed E-state index contributed by atoms with van der Waals surface area (Å²) in [4.78, 5) is 47.4. The fraction of sp³-hybridized carbons (Fsp3) is 0.410. The normalized spacial score (nSPS) is 18.1. The van der Waals surface area contributed by atoms with Gasteiger partial charge in [0.05, 0.1) is 22.9 Å². The van der Waals surface area contributed by atoms with Crippen molar-refractivity contribution in [1.29, 1.82) is 0 Å². The Bertz CT molecular complexity index is 2030. The molecule has 1 aliphatic heterocycles. The smallest absolute Gasteiger partial charge is 0.410 e. The molecule has 54 heavy (non-hydrogen) atoms. The minimum atomic E-state index is -0.731. The lowest BCUT2D eigenvalue weighted by Crippen LogP contribution is -2.50. The maximum absolute atomic E-state index is 15.4. The van der Waals surface area contributed by atoms with E-state index in [0.29, 0.717) is 78.0 Å². The number of aromatic nitrogens is 1. The summed E-state index contributed by atoms with van der Waals surface area (Å²) in [7, 11) is 1.52. The van der Waals surface area contributed by atoms with Gasteiger partial charge in [0.25, 0.3) is 6.04 Å². The molecule has 2 atom stereocenters. The van der Waals surface area contributed by atoms with E-state index < -0.39 is 34.6 Å². The number of amides is 2. The molecule has 1 aliphatic carbocycles. The zero-order valence-electron chi connectivity index (χ0n) is 31.2. The van der Waals surface area contributed by atoms with Crippen molar-refractivity contribution < 1.29 is 42.2 Å². The lowest BCUT2D eigenvalue weighted by molar-refractivity contribution is -0.540. The third kappa shape index (κ3) is 8.79. The summed E-state index contributed by atoms with van der Waals surface area (Å²) < 4.78 is 51.8. The molecule has 13 nitrogen and oxygen atoms in total. The van der Waals surface area contributed by atoms with Gasteiger partial charge < -0.3 is 29.2 Å². The number of ether oxygens (including phenoxy) is 4. The Hall–Kier alpha value is -5.57. The molecule has 0 unspecified atom stereocenters. The highest BCUT2D eigenvalue weighted by molar-refractivity contribution is 5.95. The van der Waals surface area contributed by atoms with Crippen molar-refractivity contribution in [2.75, 3.05) is 57.2 Å². The Kier molecular flexibility index (Phi) is 10.9. The zero-order valence-corrected chi connectivity index (χ0v) is 31.2. The van der Waals surface area contributed by atoms with Gasteiger partial charge in [0.1, 0.15) is 40.2 Å². The van der Waals surface area contributed by atoms with Gasteiger partial charge in [-0.05, 0) is 69.3 Å². The first kappa shape index (κ1) is 38.2. The third-order valence-corrected chi connectivity index (χ3v) is 9.48. The number of nitrogens with one attached hydrogen (secondary N) is 2. The van der Waals surface area contributed by atoms with Crippen molar-refractivity contribution in [3.63, 3.8) is 0 Å². The van der Waals surface area contributed by atoms with Gasteiger partial charge in [-0.3, -0.25) is 14.7 Å². The predicted molar refractivity (Wildman–Crippen MR) is 198 cm³/mol. The van der Waals surface area contributed by atoms with Crippen LogP contribution in [0, 0.1) is 27.9 Å². The summed E-state index contributed by atoms with van der Waals surface area (Å²) in [5, 5.41) is 3.28. The van der Waals surface area contributed by atoms with E-state index in [-0.39, 0.29) is 23.4 Å². The Morgan fingerprint density at radius 1 is 0.926 bits per heavy atom. The van der Waals surface area contributed by atoms with Crippen molar-refractivity contribution in [3.8, 4) is 23.0 Å². The zero-order chi connectivity index (χ0) is 38.8. The highest BCUT2D eigenvalue weighted by atomic mass is 19.1. The molecule has 4 aromatic rings. The topological polar surface area (TPSA) is 135 Å². The molecular formula is C39H45F2N6O7+. The van der Waals surface area contributed by atoms with Gasteiger partial charge >= 0.3 is 6.09 Å². The number of pyridine rings is 1. The second-order valence-corrected chi connectivity index (χ2v) is 14.9. The maximum Gasteiger partial charge on any atom is 0.410 e. The van der Waals surface area contributed by atoms with Crippen LogP contribution in [0.1, 0.15) is 34.6 Å². The van der Waals surface area contributed by atoms with E-state index in [4.69, 9.17) is 18.9 Å². The van der Waals surface area contributed by atoms with Gasteiger partial charge in [-0.1, -0.05) is 13.8 Å². The molecule has 1 saturated carbocycles. The van der Waals surface area contributed by atoms with Crippen molar-refractivity contribution in [2.45, 2.75) is 46.3 Å². The largest absolute Gasteiger partial charge is 0.493 e. The van der Waals surface area contributed by atoms with Crippen LogP contribution < -0.4 is 25.0 Å². The van der Waals surface area contributed by atoms with E-state index in [9.17, 15) is 18.9 Å². The summed E-state index contributed by atoms with van der Waals surface area (Å²) in [5.74, 6) is -1.01. The van der Waals surface area contributed by atoms with Gasteiger partial charge in [0.2, 0.25) is 5.91 Å². The molecule has 1 saturated heterocycles. The Labute approximate surface area is 312 Å². The van der Waals surface area contributed by atoms with E-state index in [1.54, 1.807) is 43.1 Å². The average molecular weight is 748 g/mol. The molecule has 0 spiro atoms. The molecule has 6 rings (SSSR count). The second kappa shape index (κ2) is 15.4. The summed E-state index contributed by atoms with van der Waals surface area (Å²) in [5.41, 5.74) is 2.56. The lowest BCUT2D eigenvalue weighted by Gasteiger charge is -2.35. The van der Waals surface area contributed by atoms with Crippen molar-refractivity contribution in [1.82, 2.24) is 14.8 Å². The first-order chi connectivity index (χ1) is 25.6. The first-order valence-corrected chi connectivity index (χ1v) is 17.7. The number of hydrogen-bond acceptors (Lipinski definition) is 9. The van der Waals surface area contributed by atoms with Crippen molar-refractivity contribution in [3.05, 3.63) is 83.4 Å². The number of fused-ring (bicyclic) bond motifs is 1. The van der Waals surface area contributed by atoms with Gasteiger partial charge in [0.15, 0.2) is 23.1 Å². The van der Waals surface area contributed by atoms with Crippen molar-refractivity contribution >= 4 is 34.3 Å². The number of hydrazine groups is 1. The van der Waals surface area contributed by atoms with E-state index >= 15 is 4.39 Å². The molecule has 1 aromatic heterocycles. The predicted octanol–water partition coefficient (Wildman–Crippen LogP) is 7.01. The molecular weight excluding hydrogens is 702 g/mol. The molecule has 2 amide bonds. The third-order valence-electron chi connectivity index (χ3n) is 9.48. The van der Waals surface area contributed by atoms with Crippen LogP contribution in [0.15, 0.2) is 66.9 Å². The maximum atomic E-state index is 15.4. The number of nitroso groups, excluding NO2 is 1. The molecule has 3 aromatic carbocycles. The summed E-state index contributed by atoms with van der Waals surface area (Å²) >= 11 is 0. The number of piperazine rings is 1. The van der Waals surface area contributed by atoms with E-state index in [1.165, 1.54) is 43.5 Å². The summed E-state index contributed by atoms with van der Waals surface area (Å²) in [6.07, 6.45) is 1.24. The fourth-order valence-corrected chi connectivity index (χ4v) is 6.51. The number of halogens is 2. The van der Waals surface area contributed by atoms with Crippen LogP contribution in [0.4, 0.5) is 25.0 Å². The van der Waals surface area contributed by atoms with Gasteiger partial charge in [-0.25, -0.2) is 13.6 Å². The van der Waals surface area contributed by atoms with Gasteiger partial charge in [-0.2, -0.15) is 0 Å². The fourth-order valence-electron chi connectivity index (χ4n) is 6.51. The molecule has 0 radical (unpaired) electrons. The molecule has 0 bridgehead atoms. The second-order valence-electron chi connectivity index (χ2n) is 14.9. The molecule has 286 valence electrons. The number of carbonyl (C=O) groups excluding carboxylic acids is 2. The molecule has 15 heteroatoms. The number of methoxy groups -OCH3 is 1. The van der Waals surface area contributed by atoms with Crippen LogP contribution in [0.25, 0.3) is 10.9 Å². The quantitative estimate of drug-likeness (QED) is 0.115. The molecule has 2 aliphatic rings. The Morgan fingerprint density at radius 2 is 1.63 bits per heavy atom. The number of benzene rings is 3. The highest BCUT2D eigenvalue weighted by Gasteiger charge is 2.73. The first-order valence-electron chi connectivity index (χ1n) is 17.7. The number of nitrogens with zero attached hydrogens (tertiary/aromatic N) is 4. The van der Waals surface area contributed by atoms with Crippen LogP contribution in [0.2, 0.25) is 0 Å². The molecule has 2 N–H and O–H groups in total. The number of hydrogen-bond donors (Lipinski definition) is 2. The lowest BCUT2D eigenvalue weighted by atomic mass is 10.1. The molecule has 2 fully saturated rings. The minimum Gasteiger partial charge on any atom is -0.493 e. The summed E-state index contributed by atoms with van der Waals surface area (Å²) in [6, 6.07) is 13.7. The van der Waals surface area contributed by atoms with Crippen LogP contribution in [-0.2, 0) is 9.53 Å². The van der Waals surface area contributed by atoms with Crippen LogP contribution in [0.5, 0.6) is 23.0 Å². The summed E-state index contributed by atoms with van der Waals surface area (Å²) in [6.45, 7) is 12.7. The van der Waals surface area contributed by atoms with Crippen molar-refractivity contribution in [2.24, 2.45) is 11.3 Å². The Balaban J connectivity index is 1.05. The van der Waals surface area contributed by atoms with Crippen LogP contribution >= 0.6 is 0 Å². The molecule has 2 heterocycles. The van der Waals surface area contributed by atoms with Gasteiger partial charge in [-0.15, -0.1) is 5.43 Å².